The molecular weight excluding hydrogens is 723 g/mol. The van der Waals surface area contributed by atoms with Crippen LogP contribution in [0.2, 0.25) is 0 Å². The molecule has 0 heterocycles. The molecule has 0 fully saturated rings. The summed E-state index contributed by atoms with van der Waals surface area (Å²) in [7, 11) is 0. The lowest BCUT2D eigenvalue weighted by molar-refractivity contribution is 0.768. The molecule has 0 spiro atoms. The van der Waals surface area contributed by atoms with Gasteiger partial charge in [-0.3, -0.25) is 0 Å². The Hall–Kier alpha value is -7.74. The number of rotatable bonds is 8. The van der Waals surface area contributed by atoms with Crippen LogP contribution in [0.25, 0.3) is 55.3 Å². The Morgan fingerprint density at radius 3 is 1.42 bits per heavy atom. The van der Waals surface area contributed by atoms with Crippen molar-refractivity contribution in [2.24, 2.45) is 0 Å². The fourth-order valence-electron chi connectivity index (χ4n) is 9.82. The number of fused-ring (bicyclic) bond motifs is 4. The molecule has 282 valence electrons. The number of nitrogens with zero attached hydrogens (tertiary/aromatic N) is 1. The Balaban J connectivity index is 1.28. The molecule has 0 radical (unpaired) electrons. The van der Waals surface area contributed by atoms with Gasteiger partial charge in [0.25, 0.3) is 0 Å². The third kappa shape index (κ3) is 5.70. The number of hydrogen-bond acceptors (Lipinski definition) is 1. The molecule has 1 nitrogen and oxygen atoms in total. The molecule has 11 rings (SSSR count). The van der Waals surface area contributed by atoms with Crippen molar-refractivity contribution < 1.29 is 0 Å². The topological polar surface area (TPSA) is 3.24 Å². The standard InChI is InChI=1S/C59H41N/c1-5-22-43(23-6-1)49-31-15-16-32-51(49)57-50(44-24-7-2-8-25-44)34-19-37-55(57)60(48-40-39-42-21-13-14-26-45(42)41-48)56-38-20-36-54-58(56)52-33-17-18-35-53(52)59(54,46-27-9-3-10-28-46)47-29-11-4-12-30-47/h1-41H. The van der Waals surface area contributed by atoms with Gasteiger partial charge in [-0.2, -0.15) is 0 Å². The van der Waals surface area contributed by atoms with Gasteiger partial charge in [-0.25, -0.2) is 0 Å². The van der Waals surface area contributed by atoms with E-state index in [0.717, 1.165) is 17.1 Å². The zero-order valence-corrected chi connectivity index (χ0v) is 33.1. The lowest BCUT2D eigenvalue weighted by Crippen LogP contribution is -2.28. The summed E-state index contributed by atoms with van der Waals surface area (Å²) in [5.74, 6) is 0. The van der Waals surface area contributed by atoms with E-state index in [-0.39, 0.29) is 0 Å². The highest BCUT2D eigenvalue weighted by Gasteiger charge is 2.47. The lowest BCUT2D eigenvalue weighted by atomic mass is 9.68. The van der Waals surface area contributed by atoms with E-state index in [0.29, 0.717) is 0 Å². The summed E-state index contributed by atoms with van der Waals surface area (Å²) in [6.07, 6.45) is 0. The van der Waals surface area contributed by atoms with Gasteiger partial charge in [-0.05, 0) is 90.7 Å². The van der Waals surface area contributed by atoms with Crippen molar-refractivity contribution in [3.8, 4) is 44.5 Å². The van der Waals surface area contributed by atoms with Gasteiger partial charge in [0.05, 0.1) is 16.8 Å². The SMILES string of the molecule is c1ccc(-c2ccccc2-c2c(-c3ccccc3)cccc2N(c2ccc3ccccc3c2)c2cccc3c2-c2ccccc2C3(c2ccccc2)c2ccccc2)cc1. The minimum absolute atomic E-state index is 0.534. The van der Waals surface area contributed by atoms with Crippen molar-refractivity contribution >= 4 is 27.8 Å². The quantitative estimate of drug-likeness (QED) is 0.149. The fraction of sp³-hybridized carbons (Fsp3) is 0.0169. The predicted molar refractivity (Wildman–Crippen MR) is 252 cm³/mol. The summed E-state index contributed by atoms with van der Waals surface area (Å²) in [4.78, 5) is 2.54. The maximum Gasteiger partial charge on any atom is 0.0714 e. The average molecular weight is 764 g/mol. The van der Waals surface area contributed by atoms with Gasteiger partial charge in [0, 0.05) is 16.8 Å². The Morgan fingerprint density at radius 1 is 0.283 bits per heavy atom. The van der Waals surface area contributed by atoms with Crippen molar-refractivity contribution in [1.29, 1.82) is 0 Å². The average Bonchev–Trinajstić information content (AvgIpc) is 3.64. The molecule has 1 aliphatic rings. The zero-order chi connectivity index (χ0) is 39.9. The first-order valence-corrected chi connectivity index (χ1v) is 20.8. The van der Waals surface area contributed by atoms with Crippen LogP contribution < -0.4 is 4.90 Å². The maximum absolute atomic E-state index is 2.54. The second-order valence-corrected chi connectivity index (χ2v) is 15.6. The molecule has 0 N–H and O–H groups in total. The monoisotopic (exact) mass is 763 g/mol. The second-order valence-electron chi connectivity index (χ2n) is 15.6. The van der Waals surface area contributed by atoms with E-state index in [1.807, 2.05) is 0 Å². The van der Waals surface area contributed by atoms with Crippen molar-refractivity contribution in [2.75, 3.05) is 4.90 Å². The lowest BCUT2D eigenvalue weighted by Gasteiger charge is -2.35. The summed E-state index contributed by atoms with van der Waals surface area (Å²) < 4.78 is 0. The normalized spacial score (nSPS) is 12.5. The molecule has 0 atom stereocenters. The highest BCUT2D eigenvalue weighted by molar-refractivity contribution is 6.05. The molecule has 10 aromatic rings. The summed E-state index contributed by atoms with van der Waals surface area (Å²) in [6, 6.07) is 91.2. The van der Waals surface area contributed by atoms with Crippen molar-refractivity contribution in [2.45, 2.75) is 5.41 Å². The molecule has 1 aliphatic carbocycles. The molecule has 10 aromatic carbocycles. The molecule has 0 unspecified atom stereocenters. The Morgan fingerprint density at radius 2 is 0.750 bits per heavy atom. The summed E-state index contributed by atoms with van der Waals surface area (Å²) >= 11 is 0. The smallest absolute Gasteiger partial charge is 0.0714 e. The first-order chi connectivity index (χ1) is 29.8. The minimum Gasteiger partial charge on any atom is -0.309 e. The second kappa shape index (κ2) is 14.9. The van der Waals surface area contributed by atoms with E-state index in [1.54, 1.807) is 0 Å². The largest absolute Gasteiger partial charge is 0.309 e. The van der Waals surface area contributed by atoms with Crippen LogP contribution in [-0.2, 0) is 5.41 Å². The first-order valence-electron chi connectivity index (χ1n) is 20.8. The zero-order valence-electron chi connectivity index (χ0n) is 33.1. The Kier molecular flexibility index (Phi) is 8.79. The number of benzene rings is 10. The van der Waals surface area contributed by atoms with Crippen molar-refractivity contribution in [3.63, 3.8) is 0 Å². The molecule has 60 heavy (non-hydrogen) atoms. The highest BCUT2D eigenvalue weighted by Crippen LogP contribution is 2.60. The van der Waals surface area contributed by atoms with Gasteiger partial charge < -0.3 is 4.90 Å². The van der Waals surface area contributed by atoms with Crippen LogP contribution in [0.4, 0.5) is 17.1 Å². The van der Waals surface area contributed by atoms with E-state index in [1.165, 1.54) is 77.5 Å². The van der Waals surface area contributed by atoms with Gasteiger partial charge in [-0.1, -0.05) is 224 Å². The van der Waals surface area contributed by atoms with E-state index in [9.17, 15) is 0 Å². The van der Waals surface area contributed by atoms with Crippen LogP contribution in [0, 0.1) is 0 Å². The van der Waals surface area contributed by atoms with E-state index in [4.69, 9.17) is 0 Å². The molecule has 0 aliphatic heterocycles. The molecular formula is C59H41N. The van der Waals surface area contributed by atoms with Crippen LogP contribution in [0.1, 0.15) is 22.3 Å². The van der Waals surface area contributed by atoms with Crippen molar-refractivity contribution in [1.82, 2.24) is 0 Å². The molecule has 0 bridgehead atoms. The van der Waals surface area contributed by atoms with Crippen LogP contribution in [-0.4, -0.2) is 0 Å². The molecule has 1 heteroatoms. The first kappa shape index (κ1) is 35.4. The van der Waals surface area contributed by atoms with Gasteiger partial charge >= 0.3 is 0 Å². The Bertz CT molecular complexity index is 3090. The van der Waals surface area contributed by atoms with Gasteiger partial charge in [-0.15, -0.1) is 0 Å². The van der Waals surface area contributed by atoms with Crippen molar-refractivity contribution in [3.05, 3.63) is 271 Å². The molecule has 0 saturated heterocycles. The van der Waals surface area contributed by atoms with Gasteiger partial charge in [0.15, 0.2) is 0 Å². The minimum atomic E-state index is -0.534. The molecule has 0 amide bonds. The van der Waals surface area contributed by atoms with Crippen LogP contribution in [0.15, 0.2) is 249 Å². The fourth-order valence-corrected chi connectivity index (χ4v) is 9.82. The van der Waals surface area contributed by atoms with Crippen LogP contribution >= 0.6 is 0 Å². The third-order valence-corrected chi connectivity index (χ3v) is 12.3. The van der Waals surface area contributed by atoms with Gasteiger partial charge in [0.2, 0.25) is 0 Å². The van der Waals surface area contributed by atoms with Crippen LogP contribution in [0.5, 0.6) is 0 Å². The summed E-state index contributed by atoms with van der Waals surface area (Å²) in [5.41, 5.74) is 17.4. The summed E-state index contributed by atoms with van der Waals surface area (Å²) in [5, 5.41) is 2.41. The van der Waals surface area contributed by atoms with E-state index >= 15 is 0 Å². The Labute approximate surface area is 352 Å². The maximum atomic E-state index is 2.54. The van der Waals surface area contributed by atoms with Crippen LogP contribution in [0.3, 0.4) is 0 Å². The van der Waals surface area contributed by atoms with E-state index < -0.39 is 5.41 Å². The van der Waals surface area contributed by atoms with E-state index in [2.05, 4.69) is 254 Å². The number of hydrogen-bond donors (Lipinski definition) is 0. The number of anilines is 3. The third-order valence-electron chi connectivity index (χ3n) is 12.3. The molecule has 0 saturated carbocycles. The predicted octanol–water partition coefficient (Wildman–Crippen LogP) is 15.7. The van der Waals surface area contributed by atoms with Gasteiger partial charge in [0.1, 0.15) is 0 Å². The summed E-state index contributed by atoms with van der Waals surface area (Å²) in [6.45, 7) is 0. The molecule has 0 aromatic heterocycles. The highest BCUT2D eigenvalue weighted by atomic mass is 15.1.